The first-order valence-corrected chi connectivity index (χ1v) is 6.77. The zero-order chi connectivity index (χ0) is 13.5. The third-order valence-corrected chi connectivity index (χ3v) is 3.38. The summed E-state index contributed by atoms with van der Waals surface area (Å²) in [7, 11) is 0. The molecule has 0 fully saturated rings. The van der Waals surface area contributed by atoms with E-state index < -0.39 is 4.92 Å². The lowest BCUT2D eigenvalue weighted by molar-refractivity contribution is -0.384. The van der Waals surface area contributed by atoms with Gasteiger partial charge >= 0.3 is 0 Å². The Morgan fingerprint density at radius 1 is 1.56 bits per heavy atom. The standard InChI is InChI=1S/C12H16ClNO3S/c1-2-3-9(8-18)7-17-12-6-10(14(15)16)4-5-11(12)13/h4-6,9,18H,2-3,7-8H2,1H3. The van der Waals surface area contributed by atoms with Crippen LogP contribution in [0.3, 0.4) is 0 Å². The van der Waals surface area contributed by atoms with E-state index >= 15 is 0 Å². The summed E-state index contributed by atoms with van der Waals surface area (Å²) in [4.78, 5) is 10.2. The Morgan fingerprint density at radius 3 is 2.83 bits per heavy atom. The van der Waals surface area contributed by atoms with E-state index in [0.29, 0.717) is 23.3 Å². The average Bonchev–Trinajstić information content (AvgIpc) is 2.35. The quantitative estimate of drug-likeness (QED) is 0.469. The van der Waals surface area contributed by atoms with Gasteiger partial charge in [-0.3, -0.25) is 10.1 Å². The molecule has 0 radical (unpaired) electrons. The molecule has 1 aromatic rings. The molecular weight excluding hydrogens is 274 g/mol. The first kappa shape index (κ1) is 15.1. The number of hydrogen-bond donors (Lipinski definition) is 1. The van der Waals surface area contributed by atoms with Crippen molar-refractivity contribution in [3.05, 3.63) is 33.3 Å². The molecule has 18 heavy (non-hydrogen) atoms. The minimum Gasteiger partial charge on any atom is -0.491 e. The van der Waals surface area contributed by atoms with E-state index in [2.05, 4.69) is 19.6 Å². The Morgan fingerprint density at radius 2 is 2.28 bits per heavy atom. The molecule has 0 aliphatic carbocycles. The summed E-state index contributed by atoms with van der Waals surface area (Å²) in [5.41, 5.74) is -0.0210. The van der Waals surface area contributed by atoms with Crippen LogP contribution < -0.4 is 4.74 Å². The first-order valence-electron chi connectivity index (χ1n) is 5.76. The van der Waals surface area contributed by atoms with Crippen LogP contribution in [0.25, 0.3) is 0 Å². The van der Waals surface area contributed by atoms with Crippen LogP contribution in [0.4, 0.5) is 5.69 Å². The summed E-state index contributed by atoms with van der Waals surface area (Å²) < 4.78 is 5.55. The topological polar surface area (TPSA) is 52.4 Å². The predicted octanol–water partition coefficient (Wildman–Crippen LogP) is 3.97. The fourth-order valence-corrected chi connectivity index (χ4v) is 2.02. The van der Waals surface area contributed by atoms with Gasteiger partial charge in [0, 0.05) is 12.0 Å². The molecule has 0 N–H and O–H groups in total. The van der Waals surface area contributed by atoms with Crippen LogP contribution in [0.15, 0.2) is 18.2 Å². The maximum absolute atomic E-state index is 10.7. The maximum atomic E-state index is 10.7. The molecule has 0 heterocycles. The molecule has 0 amide bonds. The van der Waals surface area contributed by atoms with Gasteiger partial charge in [-0.25, -0.2) is 0 Å². The van der Waals surface area contributed by atoms with Gasteiger partial charge < -0.3 is 4.74 Å². The van der Waals surface area contributed by atoms with Crippen molar-refractivity contribution in [3.63, 3.8) is 0 Å². The number of benzene rings is 1. The average molecular weight is 290 g/mol. The van der Waals surface area contributed by atoms with E-state index in [0.717, 1.165) is 18.6 Å². The van der Waals surface area contributed by atoms with Crippen molar-refractivity contribution >= 4 is 29.9 Å². The number of nitro benzene ring substituents is 1. The van der Waals surface area contributed by atoms with Gasteiger partial charge in [-0.1, -0.05) is 24.9 Å². The summed E-state index contributed by atoms with van der Waals surface area (Å²) in [6, 6.07) is 4.19. The van der Waals surface area contributed by atoms with Crippen molar-refractivity contribution in [2.45, 2.75) is 19.8 Å². The van der Waals surface area contributed by atoms with E-state index in [9.17, 15) is 10.1 Å². The summed E-state index contributed by atoms with van der Waals surface area (Å²) in [5.74, 6) is 1.41. The maximum Gasteiger partial charge on any atom is 0.273 e. The normalized spacial score (nSPS) is 12.2. The molecule has 0 spiro atoms. The van der Waals surface area contributed by atoms with Gasteiger partial charge in [-0.15, -0.1) is 0 Å². The third kappa shape index (κ3) is 4.38. The van der Waals surface area contributed by atoms with Gasteiger partial charge in [0.05, 0.1) is 22.6 Å². The number of nitro groups is 1. The summed E-state index contributed by atoms with van der Waals surface area (Å²) in [5, 5.41) is 11.0. The highest BCUT2D eigenvalue weighted by Gasteiger charge is 2.13. The largest absolute Gasteiger partial charge is 0.491 e. The molecule has 1 atom stereocenters. The number of rotatable bonds is 7. The minimum absolute atomic E-state index is 0.0210. The van der Waals surface area contributed by atoms with Crippen LogP contribution >= 0.6 is 24.2 Å². The molecule has 4 nitrogen and oxygen atoms in total. The highest BCUT2D eigenvalue weighted by molar-refractivity contribution is 7.80. The van der Waals surface area contributed by atoms with Gasteiger partial charge in [-0.2, -0.15) is 12.6 Å². The van der Waals surface area contributed by atoms with Crippen LogP contribution in [0.1, 0.15) is 19.8 Å². The van der Waals surface area contributed by atoms with Crippen molar-refractivity contribution in [1.82, 2.24) is 0 Å². The van der Waals surface area contributed by atoms with Crippen molar-refractivity contribution in [1.29, 1.82) is 0 Å². The number of halogens is 1. The van der Waals surface area contributed by atoms with E-state index in [-0.39, 0.29) is 5.69 Å². The lowest BCUT2D eigenvalue weighted by Gasteiger charge is -2.15. The van der Waals surface area contributed by atoms with E-state index in [1.165, 1.54) is 18.2 Å². The van der Waals surface area contributed by atoms with E-state index in [4.69, 9.17) is 16.3 Å². The molecule has 0 bridgehead atoms. The molecule has 0 aliphatic rings. The minimum atomic E-state index is -0.467. The fraction of sp³-hybridized carbons (Fsp3) is 0.500. The zero-order valence-corrected chi connectivity index (χ0v) is 11.8. The second-order valence-corrected chi connectivity index (χ2v) is 4.79. The second kappa shape index (κ2) is 7.48. The van der Waals surface area contributed by atoms with Gasteiger partial charge in [0.25, 0.3) is 5.69 Å². The molecule has 100 valence electrons. The number of nitrogens with zero attached hydrogens (tertiary/aromatic N) is 1. The molecule has 0 saturated carbocycles. The predicted molar refractivity (Wildman–Crippen MR) is 75.9 cm³/mol. The van der Waals surface area contributed by atoms with Crippen molar-refractivity contribution in [2.75, 3.05) is 12.4 Å². The van der Waals surface area contributed by atoms with E-state index in [1.54, 1.807) is 0 Å². The Hall–Kier alpha value is -0.940. The van der Waals surface area contributed by atoms with Crippen LogP contribution in [0.2, 0.25) is 5.02 Å². The third-order valence-electron chi connectivity index (χ3n) is 2.56. The Kier molecular flexibility index (Phi) is 6.29. The number of thiol groups is 1. The Bertz CT molecular complexity index is 414. The van der Waals surface area contributed by atoms with Gasteiger partial charge in [0.1, 0.15) is 5.75 Å². The zero-order valence-electron chi connectivity index (χ0n) is 10.1. The molecule has 1 aromatic carbocycles. The monoisotopic (exact) mass is 289 g/mol. The number of ether oxygens (including phenoxy) is 1. The van der Waals surface area contributed by atoms with Crippen LogP contribution in [-0.2, 0) is 0 Å². The highest BCUT2D eigenvalue weighted by Crippen LogP contribution is 2.29. The summed E-state index contributed by atoms with van der Waals surface area (Å²) >= 11 is 10.2. The molecule has 1 unspecified atom stereocenters. The highest BCUT2D eigenvalue weighted by atomic mass is 35.5. The SMILES string of the molecule is CCCC(CS)COc1cc([N+](=O)[O-])ccc1Cl. The van der Waals surface area contributed by atoms with Crippen LogP contribution in [0, 0.1) is 16.0 Å². The van der Waals surface area contributed by atoms with Gasteiger partial charge in [0.2, 0.25) is 0 Å². The van der Waals surface area contributed by atoms with Gasteiger partial charge in [0.15, 0.2) is 0 Å². The van der Waals surface area contributed by atoms with Gasteiger partial charge in [-0.05, 0) is 18.2 Å². The fourth-order valence-electron chi connectivity index (χ4n) is 1.56. The van der Waals surface area contributed by atoms with E-state index in [1.807, 2.05) is 0 Å². The first-order chi connectivity index (χ1) is 8.58. The number of hydrogen-bond acceptors (Lipinski definition) is 4. The second-order valence-electron chi connectivity index (χ2n) is 4.02. The number of non-ortho nitro benzene ring substituents is 1. The van der Waals surface area contributed by atoms with Crippen molar-refractivity contribution in [3.8, 4) is 5.75 Å². The van der Waals surface area contributed by atoms with Crippen molar-refractivity contribution < 1.29 is 9.66 Å². The molecule has 1 rings (SSSR count). The lowest BCUT2D eigenvalue weighted by Crippen LogP contribution is -2.13. The Balaban J connectivity index is 2.71. The Labute approximate surface area is 117 Å². The molecule has 0 aromatic heterocycles. The van der Waals surface area contributed by atoms with Crippen LogP contribution in [0.5, 0.6) is 5.75 Å². The smallest absolute Gasteiger partial charge is 0.273 e. The molecule has 0 aliphatic heterocycles. The molecule has 6 heteroatoms. The van der Waals surface area contributed by atoms with Crippen LogP contribution in [-0.4, -0.2) is 17.3 Å². The molecular formula is C12H16ClNO3S. The lowest BCUT2D eigenvalue weighted by atomic mass is 10.1. The summed E-state index contributed by atoms with van der Waals surface area (Å²) in [6.45, 7) is 2.56. The summed E-state index contributed by atoms with van der Waals surface area (Å²) in [6.07, 6.45) is 2.06. The van der Waals surface area contributed by atoms with Crippen molar-refractivity contribution in [2.24, 2.45) is 5.92 Å². The molecule has 0 saturated heterocycles.